The van der Waals surface area contributed by atoms with Gasteiger partial charge in [0.05, 0.1) is 14.2 Å². The summed E-state index contributed by atoms with van der Waals surface area (Å²) in [6.07, 6.45) is 0. The molecule has 0 radical (unpaired) electrons. The standard InChI is InChI=1S/C15H17NO3/c1-17-13-4-3-5-14(9-13)19-10-11-6-7-12(16)8-15(11)18-2/h3-9H,10,16H2,1-2H3. The highest BCUT2D eigenvalue weighted by atomic mass is 16.5. The van der Waals surface area contributed by atoms with E-state index < -0.39 is 0 Å². The number of ether oxygens (including phenoxy) is 3. The quantitative estimate of drug-likeness (QED) is 0.839. The fourth-order valence-electron chi connectivity index (χ4n) is 1.73. The normalized spacial score (nSPS) is 10.0. The maximum Gasteiger partial charge on any atom is 0.127 e. The molecule has 4 nitrogen and oxygen atoms in total. The van der Waals surface area contributed by atoms with Crippen LogP contribution < -0.4 is 19.9 Å². The van der Waals surface area contributed by atoms with Gasteiger partial charge >= 0.3 is 0 Å². The van der Waals surface area contributed by atoms with Gasteiger partial charge in [-0.2, -0.15) is 0 Å². The third-order valence-corrected chi connectivity index (χ3v) is 2.75. The first-order chi connectivity index (χ1) is 9.22. The van der Waals surface area contributed by atoms with E-state index in [0.29, 0.717) is 12.3 Å². The zero-order valence-corrected chi connectivity index (χ0v) is 11.1. The average molecular weight is 259 g/mol. The number of hydrogen-bond acceptors (Lipinski definition) is 4. The van der Waals surface area contributed by atoms with E-state index in [1.807, 2.05) is 36.4 Å². The Kier molecular flexibility index (Phi) is 4.13. The lowest BCUT2D eigenvalue weighted by atomic mass is 10.2. The summed E-state index contributed by atoms with van der Waals surface area (Å²) in [4.78, 5) is 0. The summed E-state index contributed by atoms with van der Waals surface area (Å²) in [5.74, 6) is 2.24. The number of anilines is 1. The smallest absolute Gasteiger partial charge is 0.127 e. The number of methoxy groups -OCH3 is 2. The molecule has 0 aromatic heterocycles. The Balaban J connectivity index is 2.09. The first kappa shape index (κ1) is 13.1. The van der Waals surface area contributed by atoms with Gasteiger partial charge in [-0.15, -0.1) is 0 Å². The maximum absolute atomic E-state index is 5.72. The number of nitrogens with two attached hydrogens (primary N) is 1. The van der Waals surface area contributed by atoms with Crippen LogP contribution in [-0.2, 0) is 6.61 Å². The molecule has 0 unspecified atom stereocenters. The SMILES string of the molecule is COc1cccc(OCc2ccc(N)cc2OC)c1. The van der Waals surface area contributed by atoms with Crippen molar-refractivity contribution in [3.8, 4) is 17.2 Å². The van der Waals surface area contributed by atoms with Crippen LogP contribution in [0.4, 0.5) is 5.69 Å². The molecule has 0 saturated carbocycles. The molecule has 0 aliphatic rings. The summed E-state index contributed by atoms with van der Waals surface area (Å²) >= 11 is 0. The molecule has 0 heterocycles. The van der Waals surface area contributed by atoms with Gasteiger partial charge in [0, 0.05) is 23.4 Å². The largest absolute Gasteiger partial charge is 0.497 e. The van der Waals surface area contributed by atoms with Gasteiger partial charge < -0.3 is 19.9 Å². The van der Waals surface area contributed by atoms with Crippen molar-refractivity contribution in [3.05, 3.63) is 48.0 Å². The molecule has 4 heteroatoms. The number of benzene rings is 2. The minimum Gasteiger partial charge on any atom is -0.497 e. The van der Waals surface area contributed by atoms with Crippen molar-refractivity contribution in [2.75, 3.05) is 20.0 Å². The predicted molar refractivity (Wildman–Crippen MR) is 74.7 cm³/mol. The zero-order chi connectivity index (χ0) is 13.7. The average Bonchev–Trinajstić information content (AvgIpc) is 2.46. The zero-order valence-electron chi connectivity index (χ0n) is 11.1. The van der Waals surface area contributed by atoms with E-state index in [-0.39, 0.29) is 0 Å². The maximum atomic E-state index is 5.72. The molecule has 0 spiro atoms. The van der Waals surface area contributed by atoms with E-state index in [2.05, 4.69) is 0 Å². The topological polar surface area (TPSA) is 53.7 Å². The monoisotopic (exact) mass is 259 g/mol. The molecule has 100 valence electrons. The summed E-state index contributed by atoms with van der Waals surface area (Å²) in [5.41, 5.74) is 7.32. The van der Waals surface area contributed by atoms with Gasteiger partial charge in [0.1, 0.15) is 23.9 Å². The first-order valence-corrected chi connectivity index (χ1v) is 5.92. The van der Waals surface area contributed by atoms with Crippen molar-refractivity contribution >= 4 is 5.69 Å². The molecule has 0 amide bonds. The highest BCUT2D eigenvalue weighted by Gasteiger charge is 2.05. The van der Waals surface area contributed by atoms with Crippen LogP contribution in [0.3, 0.4) is 0 Å². The second kappa shape index (κ2) is 6.00. The van der Waals surface area contributed by atoms with Crippen molar-refractivity contribution in [2.24, 2.45) is 0 Å². The van der Waals surface area contributed by atoms with E-state index in [4.69, 9.17) is 19.9 Å². The van der Waals surface area contributed by atoms with E-state index in [1.54, 1.807) is 20.3 Å². The fraction of sp³-hybridized carbons (Fsp3) is 0.200. The van der Waals surface area contributed by atoms with E-state index in [9.17, 15) is 0 Å². The molecule has 2 rings (SSSR count). The van der Waals surface area contributed by atoms with Crippen molar-refractivity contribution < 1.29 is 14.2 Å². The molecular weight excluding hydrogens is 242 g/mol. The van der Waals surface area contributed by atoms with Gasteiger partial charge in [0.2, 0.25) is 0 Å². The van der Waals surface area contributed by atoms with Crippen molar-refractivity contribution in [1.29, 1.82) is 0 Å². The van der Waals surface area contributed by atoms with Crippen LogP contribution >= 0.6 is 0 Å². The molecule has 0 aliphatic heterocycles. The highest BCUT2D eigenvalue weighted by molar-refractivity contribution is 5.48. The van der Waals surface area contributed by atoms with Gasteiger partial charge in [-0.3, -0.25) is 0 Å². The third-order valence-electron chi connectivity index (χ3n) is 2.75. The van der Waals surface area contributed by atoms with Crippen LogP contribution in [0.2, 0.25) is 0 Å². The second-order valence-electron chi connectivity index (χ2n) is 4.04. The molecule has 2 N–H and O–H groups in total. The Morgan fingerprint density at radius 1 is 0.947 bits per heavy atom. The molecule has 2 aromatic rings. The van der Waals surface area contributed by atoms with Crippen LogP contribution in [0.1, 0.15) is 5.56 Å². The van der Waals surface area contributed by atoms with Crippen LogP contribution in [0.25, 0.3) is 0 Å². The highest BCUT2D eigenvalue weighted by Crippen LogP contribution is 2.24. The summed E-state index contributed by atoms with van der Waals surface area (Å²) in [6, 6.07) is 13.0. The van der Waals surface area contributed by atoms with Gasteiger partial charge in [-0.1, -0.05) is 6.07 Å². The summed E-state index contributed by atoms with van der Waals surface area (Å²) in [7, 11) is 3.24. The van der Waals surface area contributed by atoms with Crippen LogP contribution in [0.5, 0.6) is 17.2 Å². The lowest BCUT2D eigenvalue weighted by Crippen LogP contribution is -2.00. The van der Waals surface area contributed by atoms with Gasteiger partial charge in [-0.25, -0.2) is 0 Å². The number of nitrogen functional groups attached to an aromatic ring is 1. The summed E-state index contributed by atoms with van der Waals surface area (Å²) in [6.45, 7) is 0.413. The molecule has 0 bridgehead atoms. The number of hydrogen-bond donors (Lipinski definition) is 1. The van der Waals surface area contributed by atoms with Crippen molar-refractivity contribution in [3.63, 3.8) is 0 Å². The molecule has 2 aromatic carbocycles. The molecule has 0 aliphatic carbocycles. The van der Waals surface area contributed by atoms with Gasteiger partial charge in [0.25, 0.3) is 0 Å². The lowest BCUT2D eigenvalue weighted by Gasteiger charge is -2.11. The Bertz CT molecular complexity index is 555. The second-order valence-corrected chi connectivity index (χ2v) is 4.04. The van der Waals surface area contributed by atoms with E-state index in [0.717, 1.165) is 22.8 Å². The Morgan fingerprint density at radius 3 is 2.47 bits per heavy atom. The van der Waals surface area contributed by atoms with E-state index >= 15 is 0 Å². The molecule has 0 fully saturated rings. The summed E-state index contributed by atoms with van der Waals surface area (Å²) < 4.78 is 16.1. The molecule has 0 atom stereocenters. The minimum absolute atomic E-state index is 0.413. The van der Waals surface area contributed by atoms with Gasteiger partial charge in [-0.05, 0) is 24.3 Å². The van der Waals surface area contributed by atoms with Crippen molar-refractivity contribution in [2.45, 2.75) is 6.61 Å². The molecular formula is C15H17NO3. The predicted octanol–water partition coefficient (Wildman–Crippen LogP) is 2.87. The Hall–Kier alpha value is -2.36. The Morgan fingerprint density at radius 2 is 1.74 bits per heavy atom. The van der Waals surface area contributed by atoms with Crippen molar-refractivity contribution in [1.82, 2.24) is 0 Å². The lowest BCUT2D eigenvalue weighted by molar-refractivity contribution is 0.294. The molecule has 19 heavy (non-hydrogen) atoms. The summed E-state index contributed by atoms with van der Waals surface area (Å²) in [5, 5.41) is 0. The fourth-order valence-corrected chi connectivity index (χ4v) is 1.73. The minimum atomic E-state index is 0.413. The molecule has 0 saturated heterocycles. The van der Waals surface area contributed by atoms with Gasteiger partial charge in [0.15, 0.2) is 0 Å². The third kappa shape index (κ3) is 3.31. The Labute approximate surface area is 112 Å². The van der Waals surface area contributed by atoms with Crippen LogP contribution in [0.15, 0.2) is 42.5 Å². The first-order valence-electron chi connectivity index (χ1n) is 5.92. The van der Waals surface area contributed by atoms with Crippen LogP contribution in [0, 0.1) is 0 Å². The number of rotatable bonds is 5. The van der Waals surface area contributed by atoms with E-state index in [1.165, 1.54) is 0 Å². The van der Waals surface area contributed by atoms with Crippen LogP contribution in [-0.4, -0.2) is 14.2 Å².